The summed E-state index contributed by atoms with van der Waals surface area (Å²) < 4.78 is 11.4. The van der Waals surface area contributed by atoms with Crippen molar-refractivity contribution in [2.45, 2.75) is 25.8 Å². The highest BCUT2D eigenvalue weighted by molar-refractivity contribution is 14.0. The predicted octanol–water partition coefficient (Wildman–Crippen LogP) is 4.10. The van der Waals surface area contributed by atoms with E-state index in [1.807, 2.05) is 18.2 Å². The van der Waals surface area contributed by atoms with Gasteiger partial charge in [0.1, 0.15) is 0 Å². The fourth-order valence-corrected chi connectivity index (χ4v) is 3.82. The molecule has 2 aromatic carbocycles. The number of halogens is 1. The average molecular weight is 522 g/mol. The Morgan fingerprint density at radius 3 is 2.53 bits per heavy atom. The van der Waals surface area contributed by atoms with E-state index in [0.717, 1.165) is 62.6 Å². The van der Waals surface area contributed by atoms with Crippen LogP contribution in [-0.2, 0) is 6.54 Å². The molecule has 0 aliphatic carbocycles. The summed E-state index contributed by atoms with van der Waals surface area (Å²) in [6.45, 7) is 5.39. The number of guanidine groups is 1. The minimum Gasteiger partial charge on any atom is -0.490 e. The normalized spacial score (nSPS) is 17.7. The number of likely N-dealkylation sites (tertiary alicyclic amines) is 1. The topological polar surface area (TPSA) is 72.1 Å². The van der Waals surface area contributed by atoms with E-state index in [2.05, 4.69) is 45.5 Å². The van der Waals surface area contributed by atoms with Crippen LogP contribution >= 0.6 is 24.0 Å². The van der Waals surface area contributed by atoms with Gasteiger partial charge in [0.15, 0.2) is 17.5 Å². The Labute approximate surface area is 195 Å². The van der Waals surface area contributed by atoms with E-state index in [1.54, 1.807) is 0 Å². The molecule has 1 fully saturated rings. The molecule has 4 rings (SSSR count). The van der Waals surface area contributed by atoms with Crippen molar-refractivity contribution in [3.05, 3.63) is 54.1 Å². The van der Waals surface area contributed by atoms with Crippen LogP contribution in [0, 0.1) is 5.92 Å². The van der Waals surface area contributed by atoms with E-state index in [4.69, 9.17) is 15.2 Å². The highest BCUT2D eigenvalue weighted by Gasteiger charge is 2.19. The molecule has 2 aromatic rings. The number of nitrogens with one attached hydrogen (secondary N) is 1. The minimum absolute atomic E-state index is 0. The van der Waals surface area contributed by atoms with Gasteiger partial charge in [0.2, 0.25) is 0 Å². The van der Waals surface area contributed by atoms with Crippen molar-refractivity contribution in [3.8, 4) is 11.5 Å². The molecule has 3 N–H and O–H groups in total. The standard InChI is InChI=1S/C23H30N4O2.HI/c24-23(26-20-7-8-21-22(15-20)29-14-4-13-28-21)25-16-18-9-11-27(12-10-18)17-19-5-2-1-3-6-19;/h1-3,5-8,15,18H,4,9-14,16-17H2,(H3,24,25,26);1H. The van der Waals surface area contributed by atoms with Gasteiger partial charge in [-0.25, -0.2) is 0 Å². The molecule has 30 heavy (non-hydrogen) atoms. The Kier molecular flexibility index (Phi) is 8.62. The summed E-state index contributed by atoms with van der Waals surface area (Å²) in [6, 6.07) is 16.5. The Morgan fingerprint density at radius 2 is 1.77 bits per heavy atom. The second kappa shape index (κ2) is 11.4. The molecule has 0 amide bonds. The maximum atomic E-state index is 6.12. The van der Waals surface area contributed by atoms with Crippen molar-refractivity contribution in [1.29, 1.82) is 0 Å². The van der Waals surface area contributed by atoms with E-state index >= 15 is 0 Å². The summed E-state index contributed by atoms with van der Waals surface area (Å²) in [5.74, 6) is 2.58. The summed E-state index contributed by atoms with van der Waals surface area (Å²) in [5, 5.41) is 3.18. The maximum absolute atomic E-state index is 6.12. The van der Waals surface area contributed by atoms with Crippen LogP contribution in [0.1, 0.15) is 24.8 Å². The molecule has 0 spiro atoms. The molecule has 6 nitrogen and oxygen atoms in total. The maximum Gasteiger partial charge on any atom is 0.193 e. The molecule has 0 radical (unpaired) electrons. The zero-order valence-electron chi connectivity index (χ0n) is 17.3. The monoisotopic (exact) mass is 522 g/mol. The van der Waals surface area contributed by atoms with Crippen molar-refractivity contribution >= 4 is 35.6 Å². The van der Waals surface area contributed by atoms with Crippen molar-refractivity contribution < 1.29 is 9.47 Å². The molecule has 1 saturated heterocycles. The van der Waals surface area contributed by atoms with E-state index in [0.29, 0.717) is 25.1 Å². The summed E-state index contributed by atoms with van der Waals surface area (Å²) >= 11 is 0. The van der Waals surface area contributed by atoms with Gasteiger partial charge in [-0.2, -0.15) is 0 Å². The van der Waals surface area contributed by atoms with Gasteiger partial charge in [0, 0.05) is 31.3 Å². The lowest BCUT2D eigenvalue weighted by atomic mass is 9.96. The number of anilines is 1. The van der Waals surface area contributed by atoms with Gasteiger partial charge >= 0.3 is 0 Å². The van der Waals surface area contributed by atoms with Crippen LogP contribution in [0.15, 0.2) is 53.5 Å². The Hall–Kier alpha value is -2.00. The molecule has 162 valence electrons. The molecule has 7 heteroatoms. The molecule has 0 unspecified atom stereocenters. The zero-order chi connectivity index (χ0) is 19.9. The Balaban J connectivity index is 0.00000256. The second-order valence-corrected chi connectivity index (χ2v) is 7.77. The summed E-state index contributed by atoms with van der Waals surface area (Å²) in [5.41, 5.74) is 8.37. The van der Waals surface area contributed by atoms with Crippen LogP contribution in [0.2, 0.25) is 0 Å². The van der Waals surface area contributed by atoms with E-state index in [-0.39, 0.29) is 24.0 Å². The summed E-state index contributed by atoms with van der Waals surface area (Å²) in [6.07, 6.45) is 3.21. The second-order valence-electron chi connectivity index (χ2n) is 7.77. The smallest absolute Gasteiger partial charge is 0.193 e. The van der Waals surface area contributed by atoms with Crippen molar-refractivity contribution in [2.24, 2.45) is 16.6 Å². The molecular weight excluding hydrogens is 491 g/mol. The number of aliphatic imine (C=N–C) groups is 1. The quantitative estimate of drug-likeness (QED) is 0.352. The van der Waals surface area contributed by atoms with Crippen molar-refractivity contribution in [1.82, 2.24) is 4.90 Å². The lowest BCUT2D eigenvalue weighted by molar-refractivity contribution is 0.180. The molecule has 0 atom stereocenters. The van der Waals surface area contributed by atoms with Crippen LogP contribution in [0.3, 0.4) is 0 Å². The third kappa shape index (κ3) is 6.50. The number of ether oxygens (including phenoxy) is 2. The fourth-order valence-electron chi connectivity index (χ4n) is 3.82. The van der Waals surface area contributed by atoms with E-state index < -0.39 is 0 Å². The summed E-state index contributed by atoms with van der Waals surface area (Å²) in [4.78, 5) is 7.10. The minimum atomic E-state index is 0. The van der Waals surface area contributed by atoms with Crippen LogP contribution < -0.4 is 20.5 Å². The van der Waals surface area contributed by atoms with Gasteiger partial charge in [-0.1, -0.05) is 30.3 Å². The van der Waals surface area contributed by atoms with Gasteiger partial charge < -0.3 is 20.5 Å². The van der Waals surface area contributed by atoms with Crippen LogP contribution in [0.4, 0.5) is 5.69 Å². The van der Waals surface area contributed by atoms with Gasteiger partial charge in [-0.3, -0.25) is 9.89 Å². The molecule has 2 heterocycles. The molecular formula is C23H31IN4O2. The first-order chi connectivity index (χ1) is 14.3. The van der Waals surface area contributed by atoms with Crippen molar-refractivity contribution in [3.63, 3.8) is 0 Å². The largest absolute Gasteiger partial charge is 0.490 e. The summed E-state index contributed by atoms with van der Waals surface area (Å²) in [7, 11) is 0. The van der Waals surface area contributed by atoms with Gasteiger partial charge in [-0.15, -0.1) is 24.0 Å². The average Bonchev–Trinajstić information content (AvgIpc) is 2.99. The zero-order valence-corrected chi connectivity index (χ0v) is 19.6. The Bertz CT molecular complexity index is 823. The van der Waals surface area contributed by atoms with E-state index in [9.17, 15) is 0 Å². The lowest BCUT2D eigenvalue weighted by Crippen LogP contribution is -2.34. The van der Waals surface area contributed by atoms with Gasteiger partial charge in [0.25, 0.3) is 0 Å². The van der Waals surface area contributed by atoms with Crippen molar-refractivity contribution in [2.75, 3.05) is 38.2 Å². The number of nitrogens with zero attached hydrogens (tertiary/aromatic N) is 2. The molecule has 0 aromatic heterocycles. The molecule has 2 aliphatic heterocycles. The number of rotatable bonds is 5. The number of benzene rings is 2. The van der Waals surface area contributed by atoms with Crippen LogP contribution in [0.25, 0.3) is 0 Å². The highest BCUT2D eigenvalue weighted by Crippen LogP contribution is 2.32. The number of hydrogen-bond acceptors (Lipinski definition) is 4. The lowest BCUT2D eigenvalue weighted by Gasteiger charge is -2.31. The first kappa shape index (κ1) is 22.7. The molecule has 2 aliphatic rings. The van der Waals surface area contributed by atoms with Crippen LogP contribution in [0.5, 0.6) is 11.5 Å². The Morgan fingerprint density at radius 1 is 1.03 bits per heavy atom. The van der Waals surface area contributed by atoms with Crippen LogP contribution in [-0.4, -0.2) is 43.7 Å². The predicted molar refractivity (Wildman–Crippen MR) is 132 cm³/mol. The number of hydrogen-bond donors (Lipinski definition) is 2. The third-order valence-electron chi connectivity index (χ3n) is 5.50. The number of nitrogens with two attached hydrogens (primary N) is 1. The van der Waals surface area contributed by atoms with E-state index in [1.165, 1.54) is 5.56 Å². The SMILES string of the molecule is I.NC(=NCC1CCN(Cc2ccccc2)CC1)Nc1ccc2c(c1)OCCCO2. The van der Waals surface area contributed by atoms with Gasteiger partial charge in [-0.05, 0) is 49.5 Å². The number of piperidine rings is 1. The third-order valence-corrected chi connectivity index (χ3v) is 5.50. The first-order valence-corrected chi connectivity index (χ1v) is 10.5. The molecule has 0 saturated carbocycles. The first-order valence-electron chi connectivity index (χ1n) is 10.5. The number of fused-ring (bicyclic) bond motifs is 1. The molecule has 0 bridgehead atoms. The highest BCUT2D eigenvalue weighted by atomic mass is 127. The fraction of sp³-hybridized carbons (Fsp3) is 0.435. The van der Waals surface area contributed by atoms with Gasteiger partial charge in [0.05, 0.1) is 13.2 Å².